The van der Waals surface area contributed by atoms with Crippen molar-refractivity contribution in [2.45, 2.75) is 37.8 Å². The Labute approximate surface area is 165 Å². The SMILES string of the molecule is O=C(c1ccc(-c2ncn[nH]2)cc1)N1C[C@H]2CC[C@@H]1CN(C1CCOCC1)C2. The molecule has 1 aromatic heterocycles. The summed E-state index contributed by atoms with van der Waals surface area (Å²) >= 11 is 0. The second kappa shape index (κ2) is 7.64. The smallest absolute Gasteiger partial charge is 0.254 e. The molecule has 7 nitrogen and oxygen atoms in total. The van der Waals surface area contributed by atoms with Gasteiger partial charge in [0, 0.05) is 56.1 Å². The number of hydrogen-bond donors (Lipinski definition) is 1. The molecule has 0 radical (unpaired) electrons. The fraction of sp³-hybridized carbons (Fsp3) is 0.571. The van der Waals surface area contributed by atoms with E-state index in [0.717, 1.165) is 69.1 Å². The van der Waals surface area contributed by atoms with Crippen LogP contribution in [0, 0.1) is 5.92 Å². The van der Waals surface area contributed by atoms with Crippen LogP contribution < -0.4 is 0 Å². The van der Waals surface area contributed by atoms with Gasteiger partial charge in [-0.25, -0.2) is 4.98 Å². The predicted octanol–water partition coefficient (Wildman–Crippen LogP) is 2.19. The van der Waals surface area contributed by atoms with Crippen LogP contribution in [0.1, 0.15) is 36.0 Å². The number of aromatic amines is 1. The highest BCUT2D eigenvalue weighted by molar-refractivity contribution is 5.95. The van der Waals surface area contributed by atoms with E-state index >= 15 is 0 Å². The number of hydrogen-bond acceptors (Lipinski definition) is 5. The molecule has 1 aromatic carbocycles. The maximum absolute atomic E-state index is 13.3. The van der Waals surface area contributed by atoms with E-state index < -0.39 is 0 Å². The molecule has 2 bridgehead atoms. The van der Waals surface area contributed by atoms with Gasteiger partial charge in [0.05, 0.1) is 0 Å². The lowest BCUT2D eigenvalue weighted by Crippen LogP contribution is -2.48. The second-order valence-corrected chi connectivity index (χ2v) is 8.26. The summed E-state index contributed by atoms with van der Waals surface area (Å²) in [5.41, 5.74) is 1.70. The van der Waals surface area contributed by atoms with Crippen LogP contribution in [0.4, 0.5) is 0 Å². The zero-order valence-electron chi connectivity index (χ0n) is 16.1. The number of amides is 1. The summed E-state index contributed by atoms with van der Waals surface area (Å²) in [6, 6.07) is 8.65. The summed E-state index contributed by atoms with van der Waals surface area (Å²) < 4.78 is 5.54. The summed E-state index contributed by atoms with van der Waals surface area (Å²) in [5, 5.41) is 6.75. The van der Waals surface area contributed by atoms with Crippen LogP contribution in [-0.2, 0) is 4.74 Å². The number of carbonyl (C=O) groups is 1. The molecule has 0 aliphatic carbocycles. The van der Waals surface area contributed by atoms with E-state index in [1.807, 2.05) is 24.3 Å². The number of aromatic nitrogens is 3. The zero-order valence-corrected chi connectivity index (χ0v) is 16.1. The van der Waals surface area contributed by atoms with Crippen molar-refractivity contribution < 1.29 is 9.53 Å². The van der Waals surface area contributed by atoms with Crippen molar-refractivity contribution in [2.24, 2.45) is 5.92 Å². The molecule has 4 aliphatic rings. The molecular formula is C21H27N5O2. The van der Waals surface area contributed by atoms with Gasteiger partial charge in [0.15, 0.2) is 5.82 Å². The Morgan fingerprint density at radius 2 is 1.82 bits per heavy atom. The van der Waals surface area contributed by atoms with Gasteiger partial charge in [0.1, 0.15) is 6.33 Å². The standard InChI is InChI=1S/C21H27N5O2/c27-21(17-4-2-16(3-5-17)20-22-14-23-24-20)26-12-15-1-6-19(26)13-25(11-15)18-7-9-28-10-8-18/h2-5,14-15,18-19H,1,6-13H2,(H,22,23,24)/t15-,19+/m0/s1. The Kier molecular flexibility index (Phi) is 4.86. The maximum Gasteiger partial charge on any atom is 0.254 e. The average molecular weight is 381 g/mol. The molecule has 7 heteroatoms. The molecule has 4 aliphatic heterocycles. The summed E-state index contributed by atoms with van der Waals surface area (Å²) in [5.74, 6) is 1.46. The van der Waals surface area contributed by atoms with E-state index in [1.54, 1.807) is 0 Å². The van der Waals surface area contributed by atoms with Crippen molar-refractivity contribution in [3.63, 3.8) is 0 Å². The molecule has 28 heavy (non-hydrogen) atoms. The van der Waals surface area contributed by atoms with Crippen LogP contribution in [-0.4, -0.2) is 75.8 Å². The number of H-pyrrole nitrogens is 1. The van der Waals surface area contributed by atoms with Gasteiger partial charge in [-0.2, -0.15) is 5.10 Å². The van der Waals surface area contributed by atoms with Gasteiger partial charge in [-0.05, 0) is 43.7 Å². The second-order valence-electron chi connectivity index (χ2n) is 8.26. The lowest BCUT2D eigenvalue weighted by atomic mass is 9.94. The Hall–Kier alpha value is -2.25. The van der Waals surface area contributed by atoms with Crippen LogP contribution >= 0.6 is 0 Å². The quantitative estimate of drug-likeness (QED) is 0.882. The van der Waals surface area contributed by atoms with Crippen LogP contribution in [0.2, 0.25) is 0 Å². The van der Waals surface area contributed by atoms with E-state index in [2.05, 4.69) is 25.0 Å². The fourth-order valence-corrected chi connectivity index (χ4v) is 5.00. The first-order valence-corrected chi connectivity index (χ1v) is 10.4. The number of fused-ring (bicyclic) bond motifs is 4. The number of piperidine rings is 1. The van der Waals surface area contributed by atoms with E-state index in [1.165, 1.54) is 12.7 Å². The first-order chi connectivity index (χ1) is 13.8. The molecule has 1 N–H and O–H groups in total. The van der Waals surface area contributed by atoms with Crippen molar-refractivity contribution in [3.05, 3.63) is 36.2 Å². The molecule has 4 saturated heterocycles. The zero-order chi connectivity index (χ0) is 18.9. The minimum atomic E-state index is 0.160. The molecule has 6 rings (SSSR count). The number of ether oxygens (including phenoxy) is 1. The minimum Gasteiger partial charge on any atom is -0.381 e. The Bertz CT molecular complexity index is 801. The van der Waals surface area contributed by atoms with Gasteiger partial charge in [-0.3, -0.25) is 14.8 Å². The normalized spacial score (nSPS) is 26.4. The molecule has 4 fully saturated rings. The highest BCUT2D eigenvalue weighted by Crippen LogP contribution is 2.32. The lowest BCUT2D eigenvalue weighted by molar-refractivity contribution is 0.0304. The van der Waals surface area contributed by atoms with E-state index in [4.69, 9.17) is 4.74 Å². The molecule has 1 amide bonds. The van der Waals surface area contributed by atoms with Gasteiger partial charge in [0.25, 0.3) is 5.91 Å². The first kappa shape index (κ1) is 17.8. The Morgan fingerprint density at radius 3 is 2.57 bits per heavy atom. The molecule has 2 atom stereocenters. The van der Waals surface area contributed by atoms with E-state index in [-0.39, 0.29) is 5.91 Å². The maximum atomic E-state index is 13.3. The van der Waals surface area contributed by atoms with Gasteiger partial charge < -0.3 is 9.64 Å². The van der Waals surface area contributed by atoms with Gasteiger partial charge in [0.2, 0.25) is 0 Å². The Morgan fingerprint density at radius 1 is 1.00 bits per heavy atom. The highest BCUT2D eigenvalue weighted by Gasteiger charge is 2.39. The fourth-order valence-electron chi connectivity index (χ4n) is 5.00. The summed E-state index contributed by atoms with van der Waals surface area (Å²) in [6.45, 7) is 4.75. The van der Waals surface area contributed by atoms with Gasteiger partial charge in [-0.1, -0.05) is 12.1 Å². The lowest BCUT2D eigenvalue weighted by Gasteiger charge is -2.37. The highest BCUT2D eigenvalue weighted by atomic mass is 16.5. The third-order valence-corrected chi connectivity index (χ3v) is 6.53. The van der Waals surface area contributed by atoms with Crippen LogP contribution in [0.5, 0.6) is 0 Å². The number of nitrogens with one attached hydrogen (secondary N) is 1. The monoisotopic (exact) mass is 381 g/mol. The molecule has 5 heterocycles. The van der Waals surface area contributed by atoms with E-state index in [9.17, 15) is 4.79 Å². The van der Waals surface area contributed by atoms with Crippen LogP contribution in [0.3, 0.4) is 0 Å². The average Bonchev–Trinajstić information content (AvgIpc) is 3.14. The number of nitrogens with zero attached hydrogens (tertiary/aromatic N) is 4. The van der Waals surface area contributed by atoms with Gasteiger partial charge in [-0.15, -0.1) is 0 Å². The largest absolute Gasteiger partial charge is 0.381 e. The van der Waals surface area contributed by atoms with Crippen molar-refractivity contribution in [1.29, 1.82) is 0 Å². The topological polar surface area (TPSA) is 74.4 Å². The Balaban J connectivity index is 1.31. The number of benzene rings is 1. The minimum absolute atomic E-state index is 0.160. The molecule has 0 saturated carbocycles. The van der Waals surface area contributed by atoms with Crippen molar-refractivity contribution >= 4 is 5.91 Å². The summed E-state index contributed by atoms with van der Waals surface area (Å²) in [6.07, 6.45) is 6.09. The molecule has 0 unspecified atom stereocenters. The molecule has 148 valence electrons. The van der Waals surface area contributed by atoms with E-state index in [0.29, 0.717) is 18.0 Å². The van der Waals surface area contributed by atoms with Crippen LogP contribution in [0.25, 0.3) is 11.4 Å². The first-order valence-electron chi connectivity index (χ1n) is 10.4. The summed E-state index contributed by atoms with van der Waals surface area (Å²) in [4.78, 5) is 22.2. The number of rotatable bonds is 3. The summed E-state index contributed by atoms with van der Waals surface area (Å²) in [7, 11) is 0. The van der Waals surface area contributed by atoms with Crippen LogP contribution in [0.15, 0.2) is 30.6 Å². The molecule has 2 aromatic rings. The molecular weight excluding hydrogens is 354 g/mol. The molecule has 0 spiro atoms. The predicted molar refractivity (Wildman–Crippen MR) is 105 cm³/mol. The van der Waals surface area contributed by atoms with Crippen molar-refractivity contribution in [2.75, 3.05) is 32.8 Å². The van der Waals surface area contributed by atoms with Crippen molar-refractivity contribution in [3.8, 4) is 11.4 Å². The third-order valence-electron chi connectivity index (χ3n) is 6.53. The van der Waals surface area contributed by atoms with Crippen molar-refractivity contribution in [1.82, 2.24) is 25.0 Å². The third kappa shape index (κ3) is 3.44. The van der Waals surface area contributed by atoms with Gasteiger partial charge >= 0.3 is 0 Å². The number of carbonyl (C=O) groups excluding carboxylic acids is 1.